The Morgan fingerprint density at radius 1 is 1.24 bits per heavy atom. The normalized spacial score (nSPS) is 53.8. The minimum absolute atomic E-state index is 0.132. The van der Waals surface area contributed by atoms with Gasteiger partial charge in [0.2, 0.25) is 0 Å². The van der Waals surface area contributed by atoms with Gasteiger partial charge >= 0.3 is 5.97 Å². The second kappa shape index (κ2) is 3.35. The van der Waals surface area contributed by atoms with Crippen molar-refractivity contribution in [1.29, 1.82) is 0 Å². The number of hydrogen-bond acceptors (Lipinski definition) is 3. The van der Waals surface area contributed by atoms with Crippen molar-refractivity contribution >= 4 is 5.97 Å². The molecule has 7 atom stereocenters. The Hall–Kier alpha value is -0.830. The molecule has 92 valence electrons. The number of epoxide rings is 1. The van der Waals surface area contributed by atoms with Gasteiger partial charge in [0.25, 0.3) is 0 Å². The van der Waals surface area contributed by atoms with Gasteiger partial charge in [0.1, 0.15) is 6.10 Å². The van der Waals surface area contributed by atoms with Crippen molar-refractivity contribution in [3.8, 4) is 0 Å². The number of esters is 1. The largest absolute Gasteiger partial charge is 0.459 e. The summed E-state index contributed by atoms with van der Waals surface area (Å²) in [5, 5.41) is 0. The molecule has 0 amide bonds. The van der Waals surface area contributed by atoms with Crippen LogP contribution in [0.1, 0.15) is 25.7 Å². The van der Waals surface area contributed by atoms with Crippen molar-refractivity contribution in [3.63, 3.8) is 0 Å². The molecule has 7 unspecified atom stereocenters. The molecule has 0 aromatic carbocycles. The van der Waals surface area contributed by atoms with Crippen LogP contribution in [0.25, 0.3) is 0 Å². The highest BCUT2D eigenvalue weighted by Crippen LogP contribution is 2.62. The van der Waals surface area contributed by atoms with Gasteiger partial charge in [0, 0.05) is 6.08 Å². The Kier molecular flexibility index (Phi) is 1.99. The lowest BCUT2D eigenvalue weighted by Crippen LogP contribution is -2.27. The van der Waals surface area contributed by atoms with E-state index in [9.17, 15) is 4.79 Å². The van der Waals surface area contributed by atoms with Crippen LogP contribution in [0, 0.1) is 23.7 Å². The average Bonchev–Trinajstić information content (AvgIpc) is 2.91. The van der Waals surface area contributed by atoms with Crippen molar-refractivity contribution in [2.75, 3.05) is 0 Å². The minimum Gasteiger partial charge on any atom is -0.459 e. The molecule has 0 aromatic rings. The highest BCUT2D eigenvalue weighted by atomic mass is 16.6. The quantitative estimate of drug-likeness (QED) is 0.416. The molecule has 0 aromatic heterocycles. The lowest BCUT2D eigenvalue weighted by atomic mass is 9.83. The van der Waals surface area contributed by atoms with E-state index in [1.165, 1.54) is 18.9 Å². The summed E-state index contributed by atoms with van der Waals surface area (Å²) in [5.74, 6) is 2.88. The molecule has 4 aliphatic rings. The van der Waals surface area contributed by atoms with Crippen molar-refractivity contribution in [1.82, 2.24) is 0 Å². The van der Waals surface area contributed by atoms with Crippen LogP contribution in [0.2, 0.25) is 0 Å². The van der Waals surface area contributed by atoms with Crippen LogP contribution in [0.15, 0.2) is 12.7 Å². The number of fused-ring (bicyclic) bond motifs is 7. The van der Waals surface area contributed by atoms with E-state index in [0.717, 1.165) is 36.5 Å². The zero-order valence-corrected chi connectivity index (χ0v) is 9.88. The third-order valence-corrected chi connectivity index (χ3v) is 5.34. The zero-order chi connectivity index (χ0) is 11.6. The van der Waals surface area contributed by atoms with Crippen LogP contribution >= 0.6 is 0 Å². The summed E-state index contributed by atoms with van der Waals surface area (Å²) in [6.07, 6.45) is 7.26. The summed E-state index contributed by atoms with van der Waals surface area (Å²) in [7, 11) is 0. The van der Waals surface area contributed by atoms with Gasteiger partial charge in [-0.3, -0.25) is 0 Å². The summed E-state index contributed by atoms with van der Waals surface area (Å²) >= 11 is 0. The van der Waals surface area contributed by atoms with Crippen LogP contribution in [-0.2, 0) is 14.3 Å². The van der Waals surface area contributed by atoms with E-state index in [0.29, 0.717) is 12.2 Å². The van der Waals surface area contributed by atoms with Gasteiger partial charge < -0.3 is 9.47 Å². The molecule has 1 aliphatic heterocycles. The molecule has 3 nitrogen and oxygen atoms in total. The summed E-state index contributed by atoms with van der Waals surface area (Å²) in [5.41, 5.74) is 0. The van der Waals surface area contributed by atoms with Crippen molar-refractivity contribution < 1.29 is 14.3 Å². The molecule has 0 spiro atoms. The number of ether oxygens (including phenoxy) is 2. The Morgan fingerprint density at radius 3 is 2.88 bits per heavy atom. The summed E-state index contributed by atoms with van der Waals surface area (Å²) in [4.78, 5) is 11.3. The van der Waals surface area contributed by atoms with Gasteiger partial charge in [-0.2, -0.15) is 0 Å². The smallest absolute Gasteiger partial charge is 0.330 e. The molecule has 3 heteroatoms. The molecule has 4 rings (SSSR count). The van der Waals surface area contributed by atoms with E-state index in [2.05, 4.69) is 6.58 Å². The number of hydrogen-bond donors (Lipinski definition) is 0. The molecule has 0 radical (unpaired) electrons. The predicted molar refractivity (Wildman–Crippen MR) is 61.2 cm³/mol. The van der Waals surface area contributed by atoms with Gasteiger partial charge in [0.15, 0.2) is 0 Å². The third kappa shape index (κ3) is 1.41. The molecule has 1 heterocycles. The Morgan fingerprint density at radius 2 is 2.06 bits per heavy atom. The van der Waals surface area contributed by atoms with E-state index in [4.69, 9.17) is 9.47 Å². The highest BCUT2D eigenvalue weighted by molar-refractivity contribution is 5.81. The molecule has 2 bridgehead atoms. The number of carbonyl (C=O) groups is 1. The molecule has 4 fully saturated rings. The Balaban J connectivity index is 1.49. The van der Waals surface area contributed by atoms with Crippen molar-refractivity contribution in [2.24, 2.45) is 23.7 Å². The molecular weight excluding hydrogens is 216 g/mol. The third-order valence-electron chi connectivity index (χ3n) is 5.34. The van der Waals surface area contributed by atoms with Crippen LogP contribution in [0.5, 0.6) is 0 Å². The van der Waals surface area contributed by atoms with Gasteiger partial charge in [-0.1, -0.05) is 6.58 Å². The maximum absolute atomic E-state index is 11.3. The number of rotatable bonds is 2. The van der Waals surface area contributed by atoms with E-state index in [1.807, 2.05) is 0 Å². The standard InChI is InChI=1S/C14H18O3/c1-2-12(15)16-9-4-7-3-8(5-9)13-10(7)6-11-14(13)17-11/h2,7-11,13-14H,1,3-6H2. The van der Waals surface area contributed by atoms with Crippen LogP contribution in [-0.4, -0.2) is 24.3 Å². The van der Waals surface area contributed by atoms with Gasteiger partial charge in [-0.15, -0.1) is 0 Å². The second-order valence-electron chi connectivity index (χ2n) is 6.11. The van der Waals surface area contributed by atoms with E-state index in [1.54, 1.807) is 0 Å². The van der Waals surface area contributed by atoms with Gasteiger partial charge in [-0.25, -0.2) is 4.79 Å². The fraction of sp³-hybridized carbons (Fsp3) is 0.786. The monoisotopic (exact) mass is 234 g/mol. The first-order valence-electron chi connectivity index (χ1n) is 6.74. The van der Waals surface area contributed by atoms with Crippen LogP contribution in [0.3, 0.4) is 0 Å². The predicted octanol–water partition coefficient (Wildman–Crippen LogP) is 1.92. The van der Waals surface area contributed by atoms with E-state index >= 15 is 0 Å². The maximum atomic E-state index is 11.3. The topological polar surface area (TPSA) is 38.8 Å². The van der Waals surface area contributed by atoms with Crippen molar-refractivity contribution in [3.05, 3.63) is 12.7 Å². The first-order chi connectivity index (χ1) is 8.26. The molecule has 3 aliphatic carbocycles. The molecule has 1 saturated heterocycles. The van der Waals surface area contributed by atoms with Crippen LogP contribution < -0.4 is 0 Å². The van der Waals surface area contributed by atoms with Crippen LogP contribution in [0.4, 0.5) is 0 Å². The summed E-state index contributed by atoms with van der Waals surface area (Å²) < 4.78 is 11.1. The fourth-order valence-corrected chi connectivity index (χ4v) is 4.80. The molecule has 17 heavy (non-hydrogen) atoms. The SMILES string of the molecule is C=CC(=O)OC1CC2CC(C1)C1C2CC2OC21. The Bertz CT molecular complexity index is 378. The lowest BCUT2D eigenvalue weighted by molar-refractivity contribution is -0.145. The molecular formula is C14H18O3. The minimum atomic E-state index is -0.262. The van der Waals surface area contributed by atoms with E-state index in [-0.39, 0.29) is 12.1 Å². The van der Waals surface area contributed by atoms with Gasteiger partial charge in [-0.05, 0) is 49.4 Å². The number of carbonyl (C=O) groups excluding carboxylic acids is 1. The first-order valence-corrected chi connectivity index (χ1v) is 6.74. The first kappa shape index (κ1) is 10.1. The lowest BCUT2D eigenvalue weighted by Gasteiger charge is -2.28. The second-order valence-corrected chi connectivity index (χ2v) is 6.11. The maximum Gasteiger partial charge on any atom is 0.330 e. The zero-order valence-electron chi connectivity index (χ0n) is 9.88. The van der Waals surface area contributed by atoms with Crippen molar-refractivity contribution in [2.45, 2.75) is 44.0 Å². The fourth-order valence-electron chi connectivity index (χ4n) is 4.80. The average molecular weight is 234 g/mol. The van der Waals surface area contributed by atoms with Gasteiger partial charge in [0.05, 0.1) is 12.2 Å². The molecule has 0 N–H and O–H groups in total. The summed E-state index contributed by atoms with van der Waals surface area (Å²) in [6.45, 7) is 3.46. The summed E-state index contributed by atoms with van der Waals surface area (Å²) in [6, 6.07) is 0. The Labute approximate surface area is 101 Å². The van der Waals surface area contributed by atoms with E-state index < -0.39 is 0 Å². The highest BCUT2D eigenvalue weighted by Gasteiger charge is 2.64. The molecule has 3 saturated carbocycles.